The van der Waals surface area contributed by atoms with E-state index in [2.05, 4.69) is 20.9 Å². The second kappa shape index (κ2) is 9.54. The molecule has 0 bridgehead atoms. The van der Waals surface area contributed by atoms with Gasteiger partial charge in [-0.3, -0.25) is 9.79 Å². The fraction of sp³-hybridized carbons (Fsp3) is 0.429. The molecule has 0 heterocycles. The van der Waals surface area contributed by atoms with Gasteiger partial charge in [0.2, 0.25) is 5.91 Å². The van der Waals surface area contributed by atoms with Crippen molar-refractivity contribution in [3.63, 3.8) is 0 Å². The summed E-state index contributed by atoms with van der Waals surface area (Å²) in [6, 6.07) is 4.98. The molecule has 1 unspecified atom stereocenters. The fourth-order valence-electron chi connectivity index (χ4n) is 1.61. The highest BCUT2D eigenvalue weighted by atomic mass is 127. The SMILES string of the molecule is CN=C(NCC(=O)NC)NC(C)c1ccc(C)c(F)c1.I. The first kappa shape index (κ1) is 19.6. The number of carbonyl (C=O) groups is 1. The lowest BCUT2D eigenvalue weighted by Crippen LogP contribution is -2.43. The van der Waals surface area contributed by atoms with E-state index in [1.807, 2.05) is 13.0 Å². The minimum absolute atomic E-state index is 0. The summed E-state index contributed by atoms with van der Waals surface area (Å²) < 4.78 is 13.5. The Kier molecular flexibility index (Phi) is 8.91. The summed E-state index contributed by atoms with van der Waals surface area (Å²) in [5.74, 6) is 0.119. The van der Waals surface area contributed by atoms with Crippen LogP contribution in [0.25, 0.3) is 0 Å². The van der Waals surface area contributed by atoms with Crippen LogP contribution >= 0.6 is 24.0 Å². The van der Waals surface area contributed by atoms with Crippen LogP contribution in [0.1, 0.15) is 24.1 Å². The van der Waals surface area contributed by atoms with Gasteiger partial charge in [-0.05, 0) is 31.0 Å². The van der Waals surface area contributed by atoms with Gasteiger partial charge in [0.1, 0.15) is 5.82 Å². The van der Waals surface area contributed by atoms with Crippen LogP contribution in [0.5, 0.6) is 0 Å². The first-order valence-electron chi connectivity index (χ1n) is 6.41. The van der Waals surface area contributed by atoms with Crippen LogP contribution < -0.4 is 16.0 Å². The molecule has 0 aliphatic rings. The van der Waals surface area contributed by atoms with Crippen molar-refractivity contribution in [2.45, 2.75) is 19.9 Å². The number of amides is 1. The fourth-order valence-corrected chi connectivity index (χ4v) is 1.61. The predicted octanol–water partition coefficient (Wildman–Crippen LogP) is 1.72. The zero-order valence-electron chi connectivity index (χ0n) is 12.7. The van der Waals surface area contributed by atoms with Crippen molar-refractivity contribution in [3.05, 3.63) is 35.1 Å². The Hall–Kier alpha value is -1.38. The number of likely N-dealkylation sites (N-methyl/N-ethyl adjacent to an activating group) is 1. The Labute approximate surface area is 141 Å². The molecule has 1 atom stereocenters. The van der Waals surface area contributed by atoms with E-state index in [9.17, 15) is 9.18 Å². The van der Waals surface area contributed by atoms with Crippen molar-refractivity contribution in [1.82, 2.24) is 16.0 Å². The number of hydrogen-bond donors (Lipinski definition) is 3. The van der Waals surface area contributed by atoms with E-state index in [0.29, 0.717) is 11.5 Å². The van der Waals surface area contributed by atoms with E-state index in [-0.39, 0.29) is 48.3 Å². The molecular weight excluding hydrogens is 386 g/mol. The third-order valence-corrected chi connectivity index (χ3v) is 2.97. The Morgan fingerprint density at radius 2 is 2.10 bits per heavy atom. The van der Waals surface area contributed by atoms with Gasteiger partial charge in [-0.1, -0.05) is 12.1 Å². The van der Waals surface area contributed by atoms with Gasteiger partial charge < -0.3 is 16.0 Å². The predicted molar refractivity (Wildman–Crippen MR) is 93.5 cm³/mol. The summed E-state index contributed by atoms with van der Waals surface area (Å²) in [5.41, 5.74) is 1.43. The Morgan fingerprint density at radius 1 is 1.43 bits per heavy atom. The standard InChI is InChI=1S/C14H21FN4O.HI/c1-9-5-6-11(7-12(9)15)10(2)19-14(17-4)18-8-13(20)16-3;/h5-7,10H,8H2,1-4H3,(H,16,20)(H2,17,18,19);1H. The molecule has 0 saturated carbocycles. The highest BCUT2D eigenvalue weighted by Gasteiger charge is 2.10. The first-order valence-corrected chi connectivity index (χ1v) is 6.41. The van der Waals surface area contributed by atoms with Gasteiger partial charge in [0, 0.05) is 14.1 Å². The van der Waals surface area contributed by atoms with Gasteiger partial charge in [-0.25, -0.2) is 4.39 Å². The normalized spacial score (nSPS) is 12.1. The average Bonchev–Trinajstić information content (AvgIpc) is 2.45. The van der Waals surface area contributed by atoms with Crippen LogP contribution in [0.2, 0.25) is 0 Å². The summed E-state index contributed by atoms with van der Waals surface area (Å²) in [7, 11) is 3.18. The van der Waals surface area contributed by atoms with Gasteiger partial charge in [0.05, 0.1) is 12.6 Å². The number of hydrogen-bond acceptors (Lipinski definition) is 2. The molecule has 21 heavy (non-hydrogen) atoms. The van der Waals surface area contributed by atoms with Gasteiger partial charge in [0.25, 0.3) is 0 Å². The van der Waals surface area contributed by atoms with Crippen LogP contribution in [0, 0.1) is 12.7 Å². The van der Waals surface area contributed by atoms with Gasteiger partial charge in [-0.15, -0.1) is 24.0 Å². The maximum atomic E-state index is 13.5. The largest absolute Gasteiger partial charge is 0.358 e. The summed E-state index contributed by atoms with van der Waals surface area (Å²) in [6.07, 6.45) is 0. The highest BCUT2D eigenvalue weighted by molar-refractivity contribution is 14.0. The molecule has 3 N–H and O–H groups in total. The Bertz CT molecular complexity index is 508. The molecule has 1 amide bonds. The number of aliphatic imine (C=N–C) groups is 1. The van der Waals surface area contributed by atoms with Gasteiger partial charge >= 0.3 is 0 Å². The molecule has 0 spiro atoms. The molecule has 1 aromatic rings. The highest BCUT2D eigenvalue weighted by Crippen LogP contribution is 2.16. The third kappa shape index (κ3) is 6.28. The van der Waals surface area contributed by atoms with Crippen molar-refractivity contribution in [2.75, 3.05) is 20.6 Å². The number of carbonyl (C=O) groups excluding carboxylic acids is 1. The van der Waals surface area contributed by atoms with E-state index in [0.717, 1.165) is 5.56 Å². The maximum absolute atomic E-state index is 13.5. The van der Waals surface area contributed by atoms with E-state index in [1.54, 1.807) is 27.1 Å². The summed E-state index contributed by atoms with van der Waals surface area (Å²) in [6.45, 7) is 3.75. The van der Waals surface area contributed by atoms with E-state index in [4.69, 9.17) is 0 Å². The number of rotatable bonds is 4. The molecule has 5 nitrogen and oxygen atoms in total. The quantitative estimate of drug-likeness (QED) is 0.404. The van der Waals surface area contributed by atoms with Gasteiger partial charge in [0.15, 0.2) is 5.96 Å². The molecular formula is C14H22FIN4O. The molecule has 1 aromatic carbocycles. The van der Waals surface area contributed by atoms with E-state index < -0.39 is 0 Å². The van der Waals surface area contributed by atoms with Crippen molar-refractivity contribution >= 4 is 35.8 Å². The lowest BCUT2D eigenvalue weighted by Gasteiger charge is -2.18. The number of benzene rings is 1. The van der Waals surface area contributed by atoms with Crippen molar-refractivity contribution in [2.24, 2.45) is 4.99 Å². The van der Waals surface area contributed by atoms with Crippen molar-refractivity contribution in [1.29, 1.82) is 0 Å². The smallest absolute Gasteiger partial charge is 0.239 e. The summed E-state index contributed by atoms with van der Waals surface area (Å²) >= 11 is 0. The lowest BCUT2D eigenvalue weighted by molar-refractivity contribution is -0.119. The van der Waals surface area contributed by atoms with Crippen molar-refractivity contribution < 1.29 is 9.18 Å². The Balaban J connectivity index is 0.00000400. The Morgan fingerprint density at radius 3 is 2.62 bits per heavy atom. The molecule has 7 heteroatoms. The van der Waals surface area contributed by atoms with Crippen LogP contribution in [-0.4, -0.2) is 32.5 Å². The number of guanidine groups is 1. The van der Waals surface area contributed by atoms with E-state index >= 15 is 0 Å². The van der Waals surface area contributed by atoms with Gasteiger partial charge in [-0.2, -0.15) is 0 Å². The van der Waals surface area contributed by atoms with Crippen LogP contribution in [-0.2, 0) is 4.79 Å². The monoisotopic (exact) mass is 408 g/mol. The summed E-state index contributed by atoms with van der Waals surface area (Å²) in [4.78, 5) is 15.2. The summed E-state index contributed by atoms with van der Waals surface area (Å²) in [5, 5.41) is 8.49. The van der Waals surface area contributed by atoms with Crippen LogP contribution in [0.15, 0.2) is 23.2 Å². The number of nitrogens with zero attached hydrogens (tertiary/aromatic N) is 1. The zero-order chi connectivity index (χ0) is 15.1. The minimum Gasteiger partial charge on any atom is -0.358 e. The third-order valence-electron chi connectivity index (χ3n) is 2.97. The molecule has 118 valence electrons. The topological polar surface area (TPSA) is 65.5 Å². The molecule has 1 rings (SSSR count). The first-order chi connectivity index (χ1) is 9.47. The average molecular weight is 408 g/mol. The van der Waals surface area contributed by atoms with Crippen LogP contribution in [0.4, 0.5) is 4.39 Å². The molecule has 0 saturated heterocycles. The van der Waals surface area contributed by atoms with E-state index in [1.165, 1.54) is 6.07 Å². The minimum atomic E-state index is -0.232. The lowest BCUT2D eigenvalue weighted by atomic mass is 10.1. The van der Waals surface area contributed by atoms with Crippen molar-refractivity contribution in [3.8, 4) is 0 Å². The number of nitrogens with one attached hydrogen (secondary N) is 3. The zero-order valence-corrected chi connectivity index (χ0v) is 15.0. The second-order valence-corrected chi connectivity index (χ2v) is 4.47. The number of aryl methyl sites for hydroxylation is 1. The number of halogens is 2. The molecule has 0 aromatic heterocycles. The molecule has 0 radical (unpaired) electrons. The molecule has 0 aliphatic carbocycles. The maximum Gasteiger partial charge on any atom is 0.239 e. The molecule has 0 aliphatic heterocycles. The molecule has 0 fully saturated rings. The second-order valence-electron chi connectivity index (χ2n) is 4.47. The van der Waals surface area contributed by atoms with Crippen LogP contribution in [0.3, 0.4) is 0 Å².